The third kappa shape index (κ3) is 2.16. The zero-order valence-corrected chi connectivity index (χ0v) is 10.3. The Morgan fingerprint density at radius 1 is 1.19 bits per heavy atom. The van der Waals surface area contributed by atoms with Gasteiger partial charge in [0.15, 0.2) is 0 Å². The standard InChI is InChI=1S/C14H22N2/c1-11(2)16(12-7-3-4-8-12)14-10-6-5-9-13(14)15/h5-6,9-12H,3-4,7-8,15H2,1-2H3. The second-order valence-electron chi connectivity index (χ2n) is 5.00. The highest BCUT2D eigenvalue weighted by Crippen LogP contribution is 2.33. The van der Waals surface area contributed by atoms with Crippen LogP contribution in [0, 0.1) is 0 Å². The van der Waals surface area contributed by atoms with Gasteiger partial charge in [0, 0.05) is 12.1 Å². The molecule has 2 nitrogen and oxygen atoms in total. The third-order valence-electron chi connectivity index (χ3n) is 3.49. The SMILES string of the molecule is CC(C)N(c1ccccc1N)C1CCCC1. The van der Waals surface area contributed by atoms with Gasteiger partial charge in [-0.25, -0.2) is 0 Å². The molecule has 0 aromatic heterocycles. The number of nitrogen functional groups attached to an aromatic ring is 1. The molecule has 0 heterocycles. The normalized spacial score (nSPS) is 16.9. The minimum Gasteiger partial charge on any atom is -0.397 e. The van der Waals surface area contributed by atoms with Gasteiger partial charge in [-0.15, -0.1) is 0 Å². The van der Waals surface area contributed by atoms with E-state index in [-0.39, 0.29) is 0 Å². The maximum absolute atomic E-state index is 6.09. The van der Waals surface area contributed by atoms with E-state index in [1.165, 1.54) is 31.4 Å². The van der Waals surface area contributed by atoms with E-state index in [1.54, 1.807) is 0 Å². The highest BCUT2D eigenvalue weighted by molar-refractivity contribution is 5.68. The molecule has 1 aromatic rings. The van der Waals surface area contributed by atoms with Crippen molar-refractivity contribution in [2.24, 2.45) is 0 Å². The number of hydrogen-bond donors (Lipinski definition) is 1. The molecule has 88 valence electrons. The smallest absolute Gasteiger partial charge is 0.0604 e. The Morgan fingerprint density at radius 3 is 2.38 bits per heavy atom. The molecule has 2 heteroatoms. The Hall–Kier alpha value is -1.18. The zero-order valence-electron chi connectivity index (χ0n) is 10.3. The van der Waals surface area contributed by atoms with Gasteiger partial charge in [-0.2, -0.15) is 0 Å². The van der Waals surface area contributed by atoms with E-state index in [1.807, 2.05) is 12.1 Å². The Kier molecular flexibility index (Phi) is 3.37. The van der Waals surface area contributed by atoms with Crippen molar-refractivity contribution in [1.82, 2.24) is 0 Å². The number of anilines is 2. The molecule has 16 heavy (non-hydrogen) atoms. The fraction of sp³-hybridized carbons (Fsp3) is 0.571. The van der Waals surface area contributed by atoms with E-state index in [4.69, 9.17) is 5.73 Å². The summed E-state index contributed by atoms with van der Waals surface area (Å²) in [6.45, 7) is 4.51. The van der Waals surface area contributed by atoms with Crippen LogP contribution in [0.25, 0.3) is 0 Å². The molecule has 1 fully saturated rings. The van der Waals surface area contributed by atoms with Gasteiger partial charge in [0.25, 0.3) is 0 Å². The van der Waals surface area contributed by atoms with Gasteiger partial charge in [-0.3, -0.25) is 0 Å². The molecule has 0 amide bonds. The molecule has 0 saturated heterocycles. The van der Waals surface area contributed by atoms with Gasteiger partial charge in [0.2, 0.25) is 0 Å². The first kappa shape index (κ1) is 11.3. The van der Waals surface area contributed by atoms with E-state index in [0.29, 0.717) is 12.1 Å². The van der Waals surface area contributed by atoms with Crippen LogP contribution in [0.1, 0.15) is 39.5 Å². The predicted molar refractivity (Wildman–Crippen MR) is 70.7 cm³/mol. The fourth-order valence-corrected chi connectivity index (χ4v) is 2.80. The van der Waals surface area contributed by atoms with E-state index >= 15 is 0 Å². The van der Waals surface area contributed by atoms with E-state index < -0.39 is 0 Å². The number of nitrogens with zero attached hydrogens (tertiary/aromatic N) is 1. The lowest BCUT2D eigenvalue weighted by atomic mass is 10.1. The number of hydrogen-bond acceptors (Lipinski definition) is 2. The Balaban J connectivity index is 2.28. The number of rotatable bonds is 3. The van der Waals surface area contributed by atoms with Crippen LogP contribution in [-0.4, -0.2) is 12.1 Å². The van der Waals surface area contributed by atoms with Crippen molar-refractivity contribution in [3.05, 3.63) is 24.3 Å². The van der Waals surface area contributed by atoms with Gasteiger partial charge in [0.1, 0.15) is 0 Å². The van der Waals surface area contributed by atoms with Crippen LogP contribution < -0.4 is 10.6 Å². The predicted octanol–water partition coefficient (Wildman–Crippen LogP) is 3.43. The summed E-state index contributed by atoms with van der Waals surface area (Å²) >= 11 is 0. The molecule has 1 aliphatic carbocycles. The average Bonchev–Trinajstić information content (AvgIpc) is 2.74. The molecule has 2 rings (SSSR count). The Labute approximate surface area is 98.4 Å². The molecule has 0 bridgehead atoms. The molecule has 0 aliphatic heterocycles. The van der Waals surface area contributed by atoms with Crippen molar-refractivity contribution in [2.75, 3.05) is 10.6 Å². The van der Waals surface area contributed by atoms with Crippen molar-refractivity contribution < 1.29 is 0 Å². The summed E-state index contributed by atoms with van der Waals surface area (Å²) in [6.07, 6.45) is 5.35. The van der Waals surface area contributed by atoms with Gasteiger partial charge >= 0.3 is 0 Å². The van der Waals surface area contributed by atoms with Crippen LogP contribution in [0.4, 0.5) is 11.4 Å². The Morgan fingerprint density at radius 2 is 1.81 bits per heavy atom. The fourth-order valence-electron chi connectivity index (χ4n) is 2.80. The molecule has 0 spiro atoms. The molecule has 1 aliphatic rings. The molecule has 1 aromatic carbocycles. The van der Waals surface area contributed by atoms with Gasteiger partial charge < -0.3 is 10.6 Å². The molecule has 0 radical (unpaired) electrons. The largest absolute Gasteiger partial charge is 0.397 e. The summed E-state index contributed by atoms with van der Waals surface area (Å²) in [4.78, 5) is 2.50. The number of benzene rings is 1. The molecule has 0 unspecified atom stereocenters. The second kappa shape index (κ2) is 4.77. The molecular weight excluding hydrogens is 196 g/mol. The second-order valence-corrected chi connectivity index (χ2v) is 5.00. The van der Waals surface area contributed by atoms with Crippen LogP contribution in [0.2, 0.25) is 0 Å². The summed E-state index contributed by atoms with van der Waals surface area (Å²) in [5, 5.41) is 0. The molecular formula is C14H22N2. The van der Waals surface area contributed by atoms with Gasteiger partial charge in [-0.1, -0.05) is 25.0 Å². The maximum Gasteiger partial charge on any atom is 0.0604 e. The first-order chi connectivity index (χ1) is 7.70. The zero-order chi connectivity index (χ0) is 11.5. The van der Waals surface area contributed by atoms with Crippen molar-refractivity contribution in [1.29, 1.82) is 0 Å². The maximum atomic E-state index is 6.09. The van der Waals surface area contributed by atoms with Gasteiger partial charge in [0.05, 0.1) is 11.4 Å². The summed E-state index contributed by atoms with van der Waals surface area (Å²) in [5.41, 5.74) is 8.20. The van der Waals surface area contributed by atoms with Crippen molar-refractivity contribution in [3.8, 4) is 0 Å². The van der Waals surface area contributed by atoms with E-state index in [9.17, 15) is 0 Å². The number of para-hydroxylation sites is 2. The van der Waals surface area contributed by atoms with Crippen LogP contribution in [0.3, 0.4) is 0 Å². The van der Waals surface area contributed by atoms with Gasteiger partial charge in [-0.05, 0) is 38.8 Å². The average molecular weight is 218 g/mol. The topological polar surface area (TPSA) is 29.3 Å². The summed E-state index contributed by atoms with van der Waals surface area (Å²) < 4.78 is 0. The lowest BCUT2D eigenvalue weighted by Crippen LogP contribution is -2.39. The number of nitrogens with two attached hydrogens (primary N) is 1. The Bertz CT molecular complexity index is 340. The highest BCUT2D eigenvalue weighted by Gasteiger charge is 2.25. The first-order valence-corrected chi connectivity index (χ1v) is 6.33. The summed E-state index contributed by atoms with van der Waals surface area (Å²) in [7, 11) is 0. The minimum absolute atomic E-state index is 0.521. The molecule has 1 saturated carbocycles. The monoisotopic (exact) mass is 218 g/mol. The summed E-state index contributed by atoms with van der Waals surface area (Å²) in [6, 6.07) is 9.44. The van der Waals surface area contributed by atoms with Crippen molar-refractivity contribution in [2.45, 2.75) is 51.6 Å². The lowest BCUT2D eigenvalue weighted by Gasteiger charge is -2.35. The van der Waals surface area contributed by atoms with Crippen LogP contribution in [-0.2, 0) is 0 Å². The van der Waals surface area contributed by atoms with Crippen molar-refractivity contribution in [3.63, 3.8) is 0 Å². The molecule has 2 N–H and O–H groups in total. The molecule has 0 atom stereocenters. The first-order valence-electron chi connectivity index (χ1n) is 6.33. The summed E-state index contributed by atoms with van der Waals surface area (Å²) in [5.74, 6) is 0. The highest BCUT2D eigenvalue weighted by atomic mass is 15.2. The van der Waals surface area contributed by atoms with E-state index in [0.717, 1.165) is 5.69 Å². The van der Waals surface area contributed by atoms with Crippen LogP contribution in [0.5, 0.6) is 0 Å². The van der Waals surface area contributed by atoms with Crippen molar-refractivity contribution >= 4 is 11.4 Å². The minimum atomic E-state index is 0.521. The third-order valence-corrected chi connectivity index (χ3v) is 3.49. The van der Waals surface area contributed by atoms with E-state index in [2.05, 4.69) is 30.9 Å². The lowest BCUT2D eigenvalue weighted by molar-refractivity contribution is 0.554. The van der Waals surface area contributed by atoms with Crippen LogP contribution >= 0.6 is 0 Å². The quantitative estimate of drug-likeness (QED) is 0.788. The van der Waals surface area contributed by atoms with Crippen LogP contribution in [0.15, 0.2) is 24.3 Å².